The lowest BCUT2D eigenvalue weighted by Crippen LogP contribution is -2.11. The highest BCUT2D eigenvalue weighted by Crippen LogP contribution is 2.43. The second-order valence-electron chi connectivity index (χ2n) is 14.4. The van der Waals surface area contributed by atoms with E-state index in [0.717, 1.165) is 66.9 Å². The molecular weight excluding hydrogens is 695 g/mol. The van der Waals surface area contributed by atoms with Gasteiger partial charge in [0, 0.05) is 44.3 Å². The molecule has 11 aromatic rings. The van der Waals surface area contributed by atoms with E-state index in [2.05, 4.69) is 191 Å². The molecule has 0 radical (unpaired) electrons. The Morgan fingerprint density at radius 2 is 0.912 bits per heavy atom. The van der Waals surface area contributed by atoms with Gasteiger partial charge in [-0.1, -0.05) is 140 Å². The average Bonchev–Trinajstić information content (AvgIpc) is 3.88. The van der Waals surface area contributed by atoms with Crippen molar-refractivity contribution in [1.29, 1.82) is 0 Å². The third-order valence-corrected chi connectivity index (χ3v) is 11.0. The van der Waals surface area contributed by atoms with Gasteiger partial charge in [0.15, 0.2) is 5.58 Å². The zero-order valence-corrected chi connectivity index (χ0v) is 31.0. The summed E-state index contributed by atoms with van der Waals surface area (Å²) in [5.74, 6) is 0.625. The summed E-state index contributed by atoms with van der Waals surface area (Å²) in [6.07, 6.45) is 0. The molecule has 0 amide bonds. The van der Waals surface area contributed by atoms with Gasteiger partial charge in [-0.3, -0.25) is 0 Å². The number of rotatable bonds is 7. The summed E-state index contributed by atoms with van der Waals surface area (Å²) < 4.78 is 8.77. The number of benzene rings is 9. The minimum absolute atomic E-state index is 0.625. The van der Waals surface area contributed by atoms with E-state index in [0.29, 0.717) is 5.89 Å². The van der Waals surface area contributed by atoms with E-state index in [1.54, 1.807) is 0 Å². The molecule has 0 fully saturated rings. The maximum atomic E-state index is 6.41. The van der Waals surface area contributed by atoms with Crippen LogP contribution < -0.4 is 4.90 Å². The molecule has 11 rings (SSSR count). The highest BCUT2D eigenvalue weighted by atomic mass is 16.3. The summed E-state index contributed by atoms with van der Waals surface area (Å²) >= 11 is 0. The van der Waals surface area contributed by atoms with Gasteiger partial charge in [0.25, 0.3) is 0 Å². The molecular formula is C53H35N3O. The monoisotopic (exact) mass is 729 g/mol. The summed E-state index contributed by atoms with van der Waals surface area (Å²) in [4.78, 5) is 7.33. The SMILES string of the molecule is c1ccc(-c2nc3cc(-c4ccc(N(c5ccc(-n6c7ccccc7c7ccccc76)cc5)c5ccccc5-c5ccccc5)cc4)c4ccccc4c3o2)cc1. The van der Waals surface area contributed by atoms with Crippen molar-refractivity contribution in [2.24, 2.45) is 0 Å². The quantitative estimate of drug-likeness (QED) is 0.164. The van der Waals surface area contributed by atoms with Gasteiger partial charge in [0.1, 0.15) is 5.52 Å². The van der Waals surface area contributed by atoms with Crippen LogP contribution in [0.4, 0.5) is 17.1 Å². The fraction of sp³-hybridized carbons (Fsp3) is 0. The molecule has 268 valence electrons. The molecule has 4 nitrogen and oxygen atoms in total. The second-order valence-corrected chi connectivity index (χ2v) is 14.4. The standard InChI is InChI=1S/C53H35N3O/c1-3-15-36(16-4-1)42-19-9-12-24-49(42)55(40-31-33-41(34-32-40)56-50-25-13-10-21-44(50)45-22-11-14-26-51(45)56)39-29-27-37(28-30-39)47-35-48-52(46-23-8-7-20-43(46)47)57-53(54-48)38-17-5-2-6-18-38/h1-35H. The molecule has 0 saturated carbocycles. The molecule has 57 heavy (non-hydrogen) atoms. The topological polar surface area (TPSA) is 34.2 Å². The van der Waals surface area contributed by atoms with Gasteiger partial charge < -0.3 is 13.9 Å². The Kier molecular flexibility index (Phi) is 7.78. The molecule has 4 heteroatoms. The summed E-state index contributed by atoms with van der Waals surface area (Å²) in [7, 11) is 0. The average molecular weight is 730 g/mol. The Balaban J connectivity index is 1.04. The molecule has 0 atom stereocenters. The first-order chi connectivity index (χ1) is 28.3. The predicted molar refractivity (Wildman–Crippen MR) is 237 cm³/mol. The Bertz CT molecular complexity index is 3160. The lowest BCUT2D eigenvalue weighted by atomic mass is 9.96. The van der Waals surface area contributed by atoms with Gasteiger partial charge in [-0.2, -0.15) is 0 Å². The fourth-order valence-electron chi connectivity index (χ4n) is 8.40. The number of nitrogens with zero attached hydrogens (tertiary/aromatic N) is 3. The van der Waals surface area contributed by atoms with E-state index in [1.807, 2.05) is 30.3 Å². The highest BCUT2D eigenvalue weighted by molar-refractivity contribution is 6.11. The van der Waals surface area contributed by atoms with Crippen LogP contribution in [-0.4, -0.2) is 9.55 Å². The van der Waals surface area contributed by atoms with E-state index < -0.39 is 0 Å². The summed E-state index contributed by atoms with van der Waals surface area (Å²) in [5.41, 5.74) is 13.9. The third kappa shape index (κ3) is 5.58. The summed E-state index contributed by atoms with van der Waals surface area (Å²) in [5, 5.41) is 4.68. The molecule has 0 N–H and O–H groups in total. The minimum Gasteiger partial charge on any atom is -0.435 e. The normalized spacial score (nSPS) is 11.5. The van der Waals surface area contributed by atoms with Crippen molar-refractivity contribution in [3.05, 3.63) is 212 Å². The zero-order valence-electron chi connectivity index (χ0n) is 31.0. The Morgan fingerprint density at radius 1 is 0.404 bits per heavy atom. The number of hydrogen-bond acceptors (Lipinski definition) is 3. The van der Waals surface area contributed by atoms with Crippen LogP contribution >= 0.6 is 0 Å². The van der Waals surface area contributed by atoms with Crippen molar-refractivity contribution in [3.8, 4) is 39.4 Å². The van der Waals surface area contributed by atoms with Gasteiger partial charge in [-0.25, -0.2) is 4.98 Å². The van der Waals surface area contributed by atoms with Gasteiger partial charge in [0.05, 0.1) is 16.7 Å². The van der Waals surface area contributed by atoms with Crippen molar-refractivity contribution in [3.63, 3.8) is 0 Å². The van der Waals surface area contributed by atoms with Crippen LogP contribution in [0.1, 0.15) is 0 Å². The van der Waals surface area contributed by atoms with Gasteiger partial charge in [-0.15, -0.1) is 0 Å². The van der Waals surface area contributed by atoms with Crippen LogP contribution in [0, 0.1) is 0 Å². The number of hydrogen-bond donors (Lipinski definition) is 0. The smallest absolute Gasteiger partial charge is 0.227 e. The van der Waals surface area contributed by atoms with Crippen LogP contribution in [0.15, 0.2) is 217 Å². The molecule has 0 spiro atoms. The zero-order chi connectivity index (χ0) is 37.7. The second kappa shape index (κ2) is 13.6. The predicted octanol–water partition coefficient (Wildman–Crippen LogP) is 14.5. The lowest BCUT2D eigenvalue weighted by molar-refractivity contribution is 0.623. The first kappa shape index (κ1) is 32.7. The molecule has 0 saturated heterocycles. The number of aromatic nitrogens is 2. The number of oxazole rings is 1. The van der Waals surface area contributed by atoms with Crippen LogP contribution in [0.2, 0.25) is 0 Å². The van der Waals surface area contributed by atoms with Gasteiger partial charge in [0.2, 0.25) is 5.89 Å². The van der Waals surface area contributed by atoms with E-state index in [9.17, 15) is 0 Å². The maximum absolute atomic E-state index is 6.41. The molecule has 2 aromatic heterocycles. The molecule has 0 aliphatic carbocycles. The van der Waals surface area contributed by atoms with Crippen molar-refractivity contribution in [2.45, 2.75) is 0 Å². The molecule has 0 aliphatic rings. The summed E-state index contributed by atoms with van der Waals surface area (Å²) in [6, 6.07) is 75.2. The first-order valence-electron chi connectivity index (χ1n) is 19.3. The maximum Gasteiger partial charge on any atom is 0.227 e. The van der Waals surface area contributed by atoms with Crippen molar-refractivity contribution in [1.82, 2.24) is 9.55 Å². The van der Waals surface area contributed by atoms with Crippen molar-refractivity contribution in [2.75, 3.05) is 4.90 Å². The van der Waals surface area contributed by atoms with Gasteiger partial charge >= 0.3 is 0 Å². The molecule has 2 heterocycles. The van der Waals surface area contributed by atoms with E-state index in [1.165, 1.54) is 27.4 Å². The number of fused-ring (bicyclic) bond motifs is 6. The van der Waals surface area contributed by atoms with E-state index >= 15 is 0 Å². The van der Waals surface area contributed by atoms with Crippen LogP contribution in [0.25, 0.3) is 83.1 Å². The summed E-state index contributed by atoms with van der Waals surface area (Å²) in [6.45, 7) is 0. The number of para-hydroxylation sites is 3. The first-order valence-corrected chi connectivity index (χ1v) is 19.3. The van der Waals surface area contributed by atoms with Crippen LogP contribution in [0.3, 0.4) is 0 Å². The Morgan fingerprint density at radius 3 is 1.58 bits per heavy atom. The van der Waals surface area contributed by atoms with E-state index in [4.69, 9.17) is 9.40 Å². The van der Waals surface area contributed by atoms with E-state index in [-0.39, 0.29) is 0 Å². The molecule has 0 aliphatic heterocycles. The lowest BCUT2D eigenvalue weighted by Gasteiger charge is -2.28. The van der Waals surface area contributed by atoms with Crippen LogP contribution in [0.5, 0.6) is 0 Å². The van der Waals surface area contributed by atoms with Crippen molar-refractivity contribution < 1.29 is 4.42 Å². The Labute approximate surface area is 330 Å². The Hall–Kier alpha value is -7.69. The highest BCUT2D eigenvalue weighted by Gasteiger charge is 2.20. The molecule has 9 aromatic carbocycles. The minimum atomic E-state index is 0.625. The largest absolute Gasteiger partial charge is 0.435 e. The molecule has 0 unspecified atom stereocenters. The molecule has 0 bridgehead atoms. The van der Waals surface area contributed by atoms with Crippen LogP contribution in [-0.2, 0) is 0 Å². The third-order valence-electron chi connectivity index (χ3n) is 11.0. The van der Waals surface area contributed by atoms with Gasteiger partial charge in [-0.05, 0) is 94.9 Å². The number of anilines is 3. The fourth-order valence-corrected chi connectivity index (χ4v) is 8.40. The van der Waals surface area contributed by atoms with Crippen molar-refractivity contribution >= 4 is 60.7 Å².